The molecule has 116 valence electrons. The predicted molar refractivity (Wildman–Crippen MR) is 81.5 cm³/mol. The van der Waals surface area contributed by atoms with Gasteiger partial charge in [0.2, 0.25) is 0 Å². The molecule has 0 radical (unpaired) electrons. The van der Waals surface area contributed by atoms with Crippen molar-refractivity contribution in [2.24, 2.45) is 5.41 Å². The molecule has 2 aliphatic heterocycles. The molecule has 0 saturated carbocycles. The molecule has 6 heteroatoms. The summed E-state index contributed by atoms with van der Waals surface area (Å²) in [6.07, 6.45) is 1.04. The number of hydrogen-bond acceptors (Lipinski definition) is 3. The van der Waals surface area contributed by atoms with E-state index in [1.165, 1.54) is 6.07 Å². The molecule has 0 atom stereocenters. The van der Waals surface area contributed by atoms with E-state index >= 15 is 0 Å². The Labute approximate surface area is 131 Å². The van der Waals surface area contributed by atoms with Crippen LogP contribution < -0.4 is 4.90 Å². The number of rotatable bonds is 1. The standard InChI is InChI=1S/C16H15ClF2N2O/c1-9-14(17)13-11(19)4-10(18)5-12(13)20-15(9)21-3-2-16(6-21)7-22-8-16/h4-5H,2-3,6-8H2,1H3. The van der Waals surface area contributed by atoms with E-state index in [1.54, 1.807) is 0 Å². The lowest BCUT2D eigenvalue weighted by Crippen LogP contribution is -2.44. The number of ether oxygens (including phenoxy) is 1. The van der Waals surface area contributed by atoms with E-state index in [1.807, 2.05) is 6.92 Å². The number of halogens is 3. The van der Waals surface area contributed by atoms with Gasteiger partial charge in [0, 0.05) is 36.2 Å². The highest BCUT2D eigenvalue weighted by Crippen LogP contribution is 2.41. The third-order valence-corrected chi connectivity index (χ3v) is 5.17. The van der Waals surface area contributed by atoms with Gasteiger partial charge in [-0.05, 0) is 13.3 Å². The Balaban J connectivity index is 1.83. The van der Waals surface area contributed by atoms with Gasteiger partial charge >= 0.3 is 0 Å². The average Bonchev–Trinajstić information content (AvgIpc) is 2.87. The van der Waals surface area contributed by atoms with E-state index in [4.69, 9.17) is 16.3 Å². The molecular weight excluding hydrogens is 310 g/mol. The van der Waals surface area contributed by atoms with E-state index in [9.17, 15) is 8.78 Å². The fourth-order valence-corrected chi connectivity index (χ4v) is 3.67. The first-order chi connectivity index (χ1) is 10.5. The zero-order chi connectivity index (χ0) is 15.5. The van der Waals surface area contributed by atoms with Crippen LogP contribution in [-0.2, 0) is 4.74 Å². The van der Waals surface area contributed by atoms with Gasteiger partial charge in [0.15, 0.2) is 0 Å². The third kappa shape index (κ3) is 1.99. The van der Waals surface area contributed by atoms with Gasteiger partial charge in [0.05, 0.1) is 29.1 Å². The molecule has 2 aromatic rings. The van der Waals surface area contributed by atoms with Gasteiger partial charge < -0.3 is 9.64 Å². The van der Waals surface area contributed by atoms with Crippen LogP contribution in [0.15, 0.2) is 12.1 Å². The van der Waals surface area contributed by atoms with Crippen LogP contribution in [0.2, 0.25) is 5.02 Å². The molecule has 4 rings (SSSR count). The largest absolute Gasteiger partial charge is 0.380 e. The van der Waals surface area contributed by atoms with Crippen molar-refractivity contribution in [2.75, 3.05) is 31.2 Å². The SMILES string of the molecule is Cc1c(N2CCC3(COC3)C2)nc2cc(F)cc(F)c2c1Cl. The Kier molecular flexibility index (Phi) is 3.07. The fraction of sp³-hybridized carbons (Fsp3) is 0.438. The van der Waals surface area contributed by atoms with Crippen LogP contribution in [0, 0.1) is 24.0 Å². The maximum absolute atomic E-state index is 14.0. The quantitative estimate of drug-likeness (QED) is 0.799. The number of aromatic nitrogens is 1. The third-order valence-electron chi connectivity index (χ3n) is 4.70. The molecule has 1 aromatic carbocycles. The molecule has 2 saturated heterocycles. The van der Waals surface area contributed by atoms with Crippen LogP contribution in [-0.4, -0.2) is 31.3 Å². The van der Waals surface area contributed by atoms with Gasteiger partial charge in [-0.25, -0.2) is 13.8 Å². The molecule has 22 heavy (non-hydrogen) atoms. The predicted octanol–water partition coefficient (Wildman–Crippen LogP) is 3.70. The minimum atomic E-state index is -0.674. The molecule has 2 fully saturated rings. The first kappa shape index (κ1) is 14.2. The van der Waals surface area contributed by atoms with Gasteiger partial charge in [0.25, 0.3) is 0 Å². The zero-order valence-electron chi connectivity index (χ0n) is 12.1. The van der Waals surface area contributed by atoms with Gasteiger partial charge in [-0.2, -0.15) is 0 Å². The summed E-state index contributed by atoms with van der Waals surface area (Å²) in [6, 6.07) is 2.07. The molecule has 3 nitrogen and oxygen atoms in total. The normalized spacial score (nSPS) is 19.9. The molecule has 0 unspecified atom stereocenters. The van der Waals surface area contributed by atoms with Crippen LogP contribution in [0.4, 0.5) is 14.6 Å². The number of hydrogen-bond donors (Lipinski definition) is 0. The number of fused-ring (bicyclic) bond motifs is 1. The summed E-state index contributed by atoms with van der Waals surface area (Å²) < 4.78 is 32.8. The molecule has 1 spiro atoms. The Hall–Kier alpha value is -1.46. The first-order valence-corrected chi connectivity index (χ1v) is 7.64. The Morgan fingerprint density at radius 1 is 1.32 bits per heavy atom. The maximum atomic E-state index is 14.0. The topological polar surface area (TPSA) is 25.4 Å². The van der Waals surface area contributed by atoms with E-state index in [-0.39, 0.29) is 16.3 Å². The molecule has 0 aliphatic carbocycles. The summed E-state index contributed by atoms with van der Waals surface area (Å²) in [5.41, 5.74) is 1.20. The van der Waals surface area contributed by atoms with Crippen LogP contribution >= 0.6 is 11.6 Å². The second-order valence-electron chi connectivity index (χ2n) is 6.32. The second-order valence-corrected chi connectivity index (χ2v) is 6.70. The van der Waals surface area contributed by atoms with Gasteiger partial charge in [-0.3, -0.25) is 0 Å². The van der Waals surface area contributed by atoms with Crippen molar-refractivity contribution in [3.05, 3.63) is 34.4 Å². The van der Waals surface area contributed by atoms with E-state index in [2.05, 4.69) is 9.88 Å². The Morgan fingerprint density at radius 2 is 2.09 bits per heavy atom. The summed E-state index contributed by atoms with van der Waals surface area (Å²) in [5, 5.41) is 0.494. The molecular formula is C16H15ClF2N2O. The van der Waals surface area contributed by atoms with Crippen molar-refractivity contribution < 1.29 is 13.5 Å². The number of nitrogens with zero attached hydrogens (tertiary/aromatic N) is 2. The highest BCUT2D eigenvalue weighted by Gasteiger charge is 2.45. The number of anilines is 1. The second kappa shape index (κ2) is 4.77. The van der Waals surface area contributed by atoms with E-state index in [0.717, 1.165) is 44.4 Å². The first-order valence-electron chi connectivity index (χ1n) is 7.27. The van der Waals surface area contributed by atoms with E-state index < -0.39 is 11.6 Å². The Bertz CT molecular complexity index is 777. The summed E-state index contributed by atoms with van der Waals surface area (Å²) in [7, 11) is 0. The summed E-state index contributed by atoms with van der Waals surface area (Å²) >= 11 is 6.33. The molecule has 1 aromatic heterocycles. The fourth-order valence-electron chi connectivity index (χ4n) is 3.40. The average molecular weight is 325 g/mol. The monoisotopic (exact) mass is 324 g/mol. The molecule has 3 heterocycles. The van der Waals surface area contributed by atoms with Crippen LogP contribution in [0.3, 0.4) is 0 Å². The zero-order valence-corrected chi connectivity index (χ0v) is 12.9. The minimum Gasteiger partial charge on any atom is -0.380 e. The van der Waals surface area contributed by atoms with Crippen molar-refractivity contribution in [1.29, 1.82) is 0 Å². The minimum absolute atomic E-state index is 0.185. The smallest absolute Gasteiger partial charge is 0.137 e. The van der Waals surface area contributed by atoms with Crippen LogP contribution in [0.1, 0.15) is 12.0 Å². The summed E-state index contributed by atoms with van der Waals surface area (Å²) in [5.74, 6) is -0.604. The number of benzene rings is 1. The van der Waals surface area contributed by atoms with Gasteiger partial charge in [-0.15, -0.1) is 0 Å². The van der Waals surface area contributed by atoms with Crippen molar-refractivity contribution in [2.45, 2.75) is 13.3 Å². The van der Waals surface area contributed by atoms with Crippen molar-refractivity contribution in [3.8, 4) is 0 Å². The highest BCUT2D eigenvalue weighted by molar-refractivity contribution is 6.36. The molecule has 0 N–H and O–H groups in total. The summed E-state index contributed by atoms with van der Waals surface area (Å²) in [6.45, 7) is 5.08. The van der Waals surface area contributed by atoms with Crippen molar-refractivity contribution >= 4 is 28.3 Å². The van der Waals surface area contributed by atoms with Crippen molar-refractivity contribution in [3.63, 3.8) is 0 Å². The lowest BCUT2D eigenvalue weighted by molar-refractivity contribution is -0.0985. The van der Waals surface area contributed by atoms with Gasteiger partial charge in [-0.1, -0.05) is 11.6 Å². The van der Waals surface area contributed by atoms with Crippen LogP contribution in [0.25, 0.3) is 10.9 Å². The maximum Gasteiger partial charge on any atom is 0.137 e. The number of pyridine rings is 1. The lowest BCUT2D eigenvalue weighted by Gasteiger charge is -2.37. The Morgan fingerprint density at radius 3 is 2.73 bits per heavy atom. The molecule has 0 bridgehead atoms. The van der Waals surface area contributed by atoms with Gasteiger partial charge in [0.1, 0.15) is 17.5 Å². The summed E-state index contributed by atoms with van der Waals surface area (Å²) in [4.78, 5) is 6.63. The highest BCUT2D eigenvalue weighted by atomic mass is 35.5. The van der Waals surface area contributed by atoms with E-state index in [0.29, 0.717) is 10.8 Å². The van der Waals surface area contributed by atoms with Crippen LogP contribution in [0.5, 0.6) is 0 Å². The lowest BCUT2D eigenvalue weighted by atomic mass is 9.85. The van der Waals surface area contributed by atoms with Crippen molar-refractivity contribution in [1.82, 2.24) is 4.98 Å². The molecule has 2 aliphatic rings. The molecule has 0 amide bonds.